The first-order valence-corrected chi connectivity index (χ1v) is 10.2. The van der Waals surface area contributed by atoms with E-state index < -0.39 is 0 Å². The molecule has 0 aliphatic rings. The normalized spacial score (nSPS) is 11.3. The molecule has 0 unspecified atom stereocenters. The number of hydrogen-bond acceptors (Lipinski definition) is 8. The van der Waals surface area contributed by atoms with E-state index in [1.807, 2.05) is 31.2 Å². The van der Waals surface area contributed by atoms with Crippen molar-refractivity contribution >= 4 is 56.1 Å². The molecule has 0 atom stereocenters. The van der Waals surface area contributed by atoms with Gasteiger partial charge in [0.1, 0.15) is 21.3 Å². The molecule has 7 nitrogen and oxygen atoms in total. The number of nitrogens with one attached hydrogen (secondary N) is 1. The maximum Gasteiger partial charge on any atom is 0.348 e. The highest BCUT2D eigenvalue weighted by molar-refractivity contribution is 7.98. The Kier molecular flexibility index (Phi) is 4.71. The number of ether oxygens (including phenoxy) is 1. The van der Waals surface area contributed by atoms with Gasteiger partial charge in [-0.25, -0.2) is 19.7 Å². The smallest absolute Gasteiger partial charge is 0.348 e. The number of aromatic nitrogens is 4. The maximum absolute atomic E-state index is 12.1. The van der Waals surface area contributed by atoms with Crippen molar-refractivity contribution in [3.8, 4) is 0 Å². The predicted octanol–water partition coefficient (Wildman–Crippen LogP) is 3.93. The topological polar surface area (TPSA) is 107 Å². The molecule has 0 saturated carbocycles. The van der Waals surface area contributed by atoms with Crippen molar-refractivity contribution < 1.29 is 9.53 Å². The number of carbonyl (C=O) groups excluding carboxylic acids is 1. The molecule has 3 aromatic heterocycles. The number of benzene rings is 1. The van der Waals surface area contributed by atoms with Crippen molar-refractivity contribution in [3.05, 3.63) is 40.5 Å². The van der Waals surface area contributed by atoms with Crippen molar-refractivity contribution in [2.75, 3.05) is 12.3 Å². The molecule has 4 rings (SSSR count). The Labute approximate surface area is 163 Å². The largest absolute Gasteiger partial charge is 0.462 e. The predicted molar refractivity (Wildman–Crippen MR) is 108 cm³/mol. The van der Waals surface area contributed by atoms with Gasteiger partial charge in [-0.15, -0.1) is 11.3 Å². The molecule has 3 N–H and O–H groups in total. The zero-order valence-electron chi connectivity index (χ0n) is 14.8. The van der Waals surface area contributed by atoms with Gasteiger partial charge in [0, 0.05) is 0 Å². The van der Waals surface area contributed by atoms with E-state index >= 15 is 0 Å². The molecule has 3 heterocycles. The van der Waals surface area contributed by atoms with Crippen molar-refractivity contribution in [2.24, 2.45) is 0 Å². The molecule has 4 aromatic rings. The number of carbonyl (C=O) groups is 1. The number of thioether (sulfide) groups is 1. The van der Waals surface area contributed by atoms with Crippen molar-refractivity contribution in [1.29, 1.82) is 0 Å². The Morgan fingerprint density at radius 3 is 2.89 bits per heavy atom. The average Bonchev–Trinajstić information content (AvgIpc) is 3.21. The molecular formula is C18H17N5O2S2. The first-order valence-electron chi connectivity index (χ1n) is 8.37. The SMILES string of the molecule is CCOC(=O)c1sc2nc(CSc3nc4ccccc4[nH]3)nc(N)c2c1C. The molecule has 9 heteroatoms. The number of anilines is 1. The lowest BCUT2D eigenvalue weighted by molar-refractivity contribution is 0.0531. The summed E-state index contributed by atoms with van der Waals surface area (Å²) in [5.41, 5.74) is 8.82. The number of nitrogens with two attached hydrogens (primary N) is 1. The zero-order valence-corrected chi connectivity index (χ0v) is 16.4. The number of aromatic amines is 1. The van der Waals surface area contributed by atoms with Crippen LogP contribution >= 0.6 is 23.1 Å². The molecule has 0 spiro atoms. The van der Waals surface area contributed by atoms with E-state index in [0.717, 1.165) is 27.1 Å². The summed E-state index contributed by atoms with van der Waals surface area (Å²) in [6.07, 6.45) is 0. The number of nitrogen functional groups attached to an aromatic ring is 1. The fourth-order valence-electron chi connectivity index (χ4n) is 2.80. The Morgan fingerprint density at radius 2 is 2.11 bits per heavy atom. The van der Waals surface area contributed by atoms with Crippen LogP contribution in [0.4, 0.5) is 5.82 Å². The van der Waals surface area contributed by atoms with Crippen LogP contribution in [-0.4, -0.2) is 32.5 Å². The molecular weight excluding hydrogens is 382 g/mol. The summed E-state index contributed by atoms with van der Waals surface area (Å²) in [7, 11) is 0. The monoisotopic (exact) mass is 399 g/mol. The highest BCUT2D eigenvalue weighted by Crippen LogP contribution is 2.34. The molecule has 0 saturated heterocycles. The van der Waals surface area contributed by atoms with Gasteiger partial charge < -0.3 is 15.5 Å². The van der Waals surface area contributed by atoms with E-state index in [1.54, 1.807) is 6.92 Å². The Morgan fingerprint density at radius 1 is 1.30 bits per heavy atom. The highest BCUT2D eigenvalue weighted by Gasteiger charge is 2.20. The van der Waals surface area contributed by atoms with Gasteiger partial charge in [0.25, 0.3) is 0 Å². The minimum atomic E-state index is -0.351. The van der Waals surface area contributed by atoms with E-state index in [2.05, 4.69) is 19.9 Å². The Balaban J connectivity index is 1.61. The molecule has 0 amide bonds. The van der Waals surface area contributed by atoms with E-state index in [0.29, 0.717) is 33.7 Å². The van der Waals surface area contributed by atoms with Crippen LogP contribution in [0.25, 0.3) is 21.3 Å². The second-order valence-electron chi connectivity index (χ2n) is 5.83. The fraction of sp³-hybridized carbons (Fsp3) is 0.222. The van der Waals surface area contributed by atoms with Crippen LogP contribution in [0.1, 0.15) is 28.0 Å². The van der Waals surface area contributed by atoms with Crippen molar-refractivity contribution in [2.45, 2.75) is 24.8 Å². The molecule has 0 aliphatic carbocycles. The van der Waals surface area contributed by atoms with Crippen LogP contribution in [0.5, 0.6) is 0 Å². The second-order valence-corrected chi connectivity index (χ2v) is 7.79. The van der Waals surface area contributed by atoms with Gasteiger partial charge >= 0.3 is 5.97 Å². The van der Waals surface area contributed by atoms with E-state index in [-0.39, 0.29) is 5.97 Å². The standard InChI is InChI=1S/C18H17N5O2S2/c1-3-25-17(24)14-9(2)13-15(19)22-12(23-16(13)27-14)8-26-18-20-10-6-4-5-7-11(10)21-18/h4-7H,3,8H2,1-2H3,(H,20,21)(H2,19,22,23). The maximum atomic E-state index is 12.1. The van der Waals surface area contributed by atoms with Crippen molar-refractivity contribution in [1.82, 2.24) is 19.9 Å². The number of fused-ring (bicyclic) bond motifs is 2. The third kappa shape index (κ3) is 3.35. The summed E-state index contributed by atoms with van der Waals surface area (Å²) in [5, 5.41) is 1.52. The van der Waals surface area contributed by atoms with Crippen LogP contribution < -0.4 is 5.73 Å². The lowest BCUT2D eigenvalue weighted by Gasteiger charge is -2.02. The number of H-pyrrole nitrogens is 1. The molecule has 1 aromatic carbocycles. The van der Waals surface area contributed by atoms with Crippen LogP contribution in [0.15, 0.2) is 29.4 Å². The Hall–Kier alpha value is -2.65. The molecule has 0 aliphatic heterocycles. The third-order valence-electron chi connectivity index (χ3n) is 4.03. The number of rotatable bonds is 5. The first kappa shape index (κ1) is 17.7. The molecule has 27 heavy (non-hydrogen) atoms. The Bertz CT molecular complexity index is 1120. The van der Waals surface area contributed by atoms with Crippen LogP contribution in [0.3, 0.4) is 0 Å². The number of esters is 1. The van der Waals surface area contributed by atoms with Crippen LogP contribution in [0.2, 0.25) is 0 Å². The third-order valence-corrected chi connectivity index (χ3v) is 6.07. The number of nitrogens with zero attached hydrogens (tertiary/aromatic N) is 3. The number of para-hydroxylation sites is 2. The van der Waals surface area contributed by atoms with Gasteiger partial charge in [0.15, 0.2) is 5.16 Å². The molecule has 138 valence electrons. The first-order chi connectivity index (χ1) is 13.1. The number of aryl methyl sites for hydroxylation is 1. The summed E-state index contributed by atoms with van der Waals surface area (Å²) in [5.74, 6) is 1.15. The van der Waals surface area contributed by atoms with Gasteiger partial charge in [-0.1, -0.05) is 23.9 Å². The van der Waals surface area contributed by atoms with Gasteiger partial charge in [0.05, 0.1) is 28.8 Å². The summed E-state index contributed by atoms with van der Waals surface area (Å²) < 4.78 is 5.11. The quantitative estimate of drug-likeness (QED) is 0.387. The summed E-state index contributed by atoms with van der Waals surface area (Å²) >= 11 is 2.80. The number of hydrogen-bond donors (Lipinski definition) is 2. The fourth-order valence-corrected chi connectivity index (χ4v) is 4.64. The second kappa shape index (κ2) is 7.16. The van der Waals surface area contributed by atoms with Gasteiger partial charge in [0.2, 0.25) is 0 Å². The van der Waals surface area contributed by atoms with Gasteiger partial charge in [-0.2, -0.15) is 0 Å². The van der Waals surface area contributed by atoms with Crippen LogP contribution in [0, 0.1) is 6.92 Å². The summed E-state index contributed by atoms with van der Waals surface area (Å²) in [6, 6.07) is 7.86. The summed E-state index contributed by atoms with van der Waals surface area (Å²) in [4.78, 5) is 30.1. The lowest BCUT2D eigenvalue weighted by atomic mass is 10.2. The zero-order chi connectivity index (χ0) is 19.0. The van der Waals surface area contributed by atoms with E-state index in [1.165, 1.54) is 23.1 Å². The summed E-state index contributed by atoms with van der Waals surface area (Å²) in [6.45, 7) is 3.95. The van der Waals surface area contributed by atoms with Crippen LogP contribution in [-0.2, 0) is 10.5 Å². The average molecular weight is 400 g/mol. The lowest BCUT2D eigenvalue weighted by Crippen LogP contribution is -2.03. The molecule has 0 bridgehead atoms. The molecule has 0 radical (unpaired) electrons. The number of thiophene rings is 1. The van der Waals surface area contributed by atoms with E-state index in [9.17, 15) is 4.79 Å². The van der Waals surface area contributed by atoms with Crippen molar-refractivity contribution in [3.63, 3.8) is 0 Å². The number of imidazole rings is 1. The minimum absolute atomic E-state index is 0.326. The van der Waals surface area contributed by atoms with E-state index in [4.69, 9.17) is 10.5 Å². The van der Waals surface area contributed by atoms with Gasteiger partial charge in [-0.3, -0.25) is 0 Å². The highest BCUT2D eigenvalue weighted by atomic mass is 32.2. The van der Waals surface area contributed by atoms with Gasteiger partial charge in [-0.05, 0) is 31.5 Å². The minimum Gasteiger partial charge on any atom is -0.462 e. The molecule has 0 fully saturated rings.